The lowest BCUT2D eigenvalue weighted by atomic mass is 9.88. The van der Waals surface area contributed by atoms with Gasteiger partial charge in [-0.1, -0.05) is 24.3 Å². The highest BCUT2D eigenvalue weighted by Gasteiger charge is 2.24. The predicted octanol–water partition coefficient (Wildman–Crippen LogP) is 7.46. The zero-order chi connectivity index (χ0) is 27.1. The summed E-state index contributed by atoms with van der Waals surface area (Å²) < 4.78 is 17.8. The lowest BCUT2D eigenvalue weighted by Crippen LogP contribution is -2.33. The molecule has 4 heterocycles. The minimum atomic E-state index is -0.212. The van der Waals surface area contributed by atoms with Gasteiger partial charge in [-0.05, 0) is 110 Å². The molecule has 1 saturated heterocycles. The SMILES string of the molecule is Cn1cc(-c2ccc3c(c2)c(C2CCN(CCCc4c[nH]c5ccccc45)CC2)cn3-c2ccc(F)cc2)cn1. The van der Waals surface area contributed by atoms with Crippen molar-refractivity contribution >= 4 is 21.8 Å². The second-order valence-electron chi connectivity index (χ2n) is 11.1. The molecule has 6 heteroatoms. The van der Waals surface area contributed by atoms with Gasteiger partial charge >= 0.3 is 0 Å². The molecule has 40 heavy (non-hydrogen) atoms. The third-order valence-electron chi connectivity index (χ3n) is 8.60. The predicted molar refractivity (Wildman–Crippen MR) is 160 cm³/mol. The molecule has 0 unspecified atom stereocenters. The molecule has 1 aliphatic heterocycles. The van der Waals surface area contributed by atoms with E-state index in [4.69, 9.17) is 0 Å². The van der Waals surface area contributed by atoms with Crippen molar-refractivity contribution in [2.45, 2.75) is 31.6 Å². The first kappa shape index (κ1) is 24.9. The molecule has 0 saturated carbocycles. The Bertz CT molecular complexity index is 1770. The lowest BCUT2D eigenvalue weighted by Gasteiger charge is -2.32. The fourth-order valence-corrected chi connectivity index (χ4v) is 6.45. The van der Waals surface area contributed by atoms with Crippen molar-refractivity contribution in [1.82, 2.24) is 24.2 Å². The maximum atomic E-state index is 13.7. The Morgan fingerprint density at radius 3 is 2.55 bits per heavy atom. The first-order valence-electron chi connectivity index (χ1n) is 14.3. The highest BCUT2D eigenvalue weighted by molar-refractivity contribution is 5.90. The fourth-order valence-electron chi connectivity index (χ4n) is 6.45. The van der Waals surface area contributed by atoms with Crippen LogP contribution in [-0.4, -0.2) is 43.9 Å². The van der Waals surface area contributed by atoms with Crippen molar-refractivity contribution in [1.29, 1.82) is 0 Å². The molecule has 3 aromatic heterocycles. The maximum absolute atomic E-state index is 13.7. The zero-order valence-corrected chi connectivity index (χ0v) is 22.9. The summed E-state index contributed by atoms with van der Waals surface area (Å²) in [6.07, 6.45) is 13.0. The van der Waals surface area contributed by atoms with Crippen molar-refractivity contribution in [2.24, 2.45) is 7.05 Å². The van der Waals surface area contributed by atoms with E-state index in [1.54, 1.807) is 12.1 Å². The Kier molecular flexibility index (Phi) is 6.48. The number of hydrogen-bond acceptors (Lipinski definition) is 2. The van der Waals surface area contributed by atoms with E-state index in [0.29, 0.717) is 5.92 Å². The number of H-pyrrole nitrogens is 1. The molecule has 1 N–H and O–H groups in total. The van der Waals surface area contributed by atoms with Gasteiger partial charge in [0.2, 0.25) is 0 Å². The standard InChI is InChI=1S/C34H34FN5/c1-38-22-27(21-37-38)25-8-13-34-31(19-25)32(23-40(34)29-11-9-28(35)10-12-29)24-14-17-39(18-15-24)16-4-5-26-20-36-33-7-3-2-6-30(26)33/h2-3,6-13,19-24,36H,4-5,14-18H2,1H3. The van der Waals surface area contributed by atoms with Crippen LogP contribution >= 0.6 is 0 Å². The molecule has 0 bridgehead atoms. The second-order valence-corrected chi connectivity index (χ2v) is 11.1. The Balaban J connectivity index is 1.10. The van der Waals surface area contributed by atoms with Crippen molar-refractivity contribution < 1.29 is 4.39 Å². The third-order valence-corrected chi connectivity index (χ3v) is 8.60. The summed E-state index contributed by atoms with van der Waals surface area (Å²) in [6.45, 7) is 3.36. The van der Waals surface area contributed by atoms with Gasteiger partial charge in [0.1, 0.15) is 5.82 Å². The molecule has 5 nitrogen and oxygen atoms in total. The van der Waals surface area contributed by atoms with E-state index in [9.17, 15) is 4.39 Å². The molecule has 1 fully saturated rings. The van der Waals surface area contributed by atoms with Gasteiger partial charge in [0.05, 0.1) is 11.7 Å². The van der Waals surface area contributed by atoms with Crippen LogP contribution in [0.1, 0.15) is 36.3 Å². The number of nitrogens with one attached hydrogen (secondary N) is 1. The van der Waals surface area contributed by atoms with Crippen molar-refractivity contribution in [2.75, 3.05) is 19.6 Å². The van der Waals surface area contributed by atoms with E-state index < -0.39 is 0 Å². The van der Waals surface area contributed by atoms with Crippen molar-refractivity contribution in [3.63, 3.8) is 0 Å². The van der Waals surface area contributed by atoms with E-state index in [2.05, 4.69) is 80.6 Å². The summed E-state index contributed by atoms with van der Waals surface area (Å²) in [5.41, 5.74) is 8.48. The number of halogens is 1. The van der Waals surface area contributed by atoms with Crippen LogP contribution in [0, 0.1) is 5.82 Å². The molecule has 202 valence electrons. The molecule has 0 amide bonds. The second kappa shape index (κ2) is 10.4. The number of aryl methyl sites for hydroxylation is 2. The smallest absolute Gasteiger partial charge is 0.123 e. The van der Waals surface area contributed by atoms with Gasteiger partial charge in [-0.3, -0.25) is 4.68 Å². The summed E-state index contributed by atoms with van der Waals surface area (Å²) in [4.78, 5) is 6.04. The van der Waals surface area contributed by atoms with Crippen LogP contribution in [0.5, 0.6) is 0 Å². The topological polar surface area (TPSA) is 41.8 Å². The van der Waals surface area contributed by atoms with Crippen molar-refractivity contribution in [3.05, 3.63) is 108 Å². The highest BCUT2D eigenvalue weighted by atomic mass is 19.1. The Hall–Kier alpha value is -4.16. The van der Waals surface area contributed by atoms with Gasteiger partial charge in [-0.25, -0.2) is 4.39 Å². The summed E-state index contributed by atoms with van der Waals surface area (Å²) in [6, 6.07) is 22.1. The number of aromatic nitrogens is 4. The number of fused-ring (bicyclic) bond motifs is 2. The molecular weight excluding hydrogens is 497 g/mol. The van der Waals surface area contributed by atoms with Gasteiger partial charge in [0.15, 0.2) is 0 Å². The molecule has 0 radical (unpaired) electrons. The van der Waals surface area contributed by atoms with Crippen LogP contribution in [-0.2, 0) is 13.5 Å². The number of aromatic amines is 1. The average molecular weight is 532 g/mol. The van der Waals surface area contributed by atoms with Crippen LogP contribution in [0.2, 0.25) is 0 Å². The molecule has 1 aliphatic rings. The summed E-state index contributed by atoms with van der Waals surface area (Å²) in [5.74, 6) is 0.287. The largest absolute Gasteiger partial charge is 0.361 e. The first-order chi connectivity index (χ1) is 19.6. The molecule has 7 rings (SSSR count). The van der Waals surface area contributed by atoms with Gasteiger partial charge < -0.3 is 14.5 Å². The van der Waals surface area contributed by atoms with Crippen LogP contribution in [0.3, 0.4) is 0 Å². The molecule has 0 spiro atoms. The Morgan fingerprint density at radius 2 is 1.75 bits per heavy atom. The van der Waals surface area contributed by atoms with Gasteiger partial charge in [-0.2, -0.15) is 5.10 Å². The number of piperidine rings is 1. The fraction of sp³-hybridized carbons (Fsp3) is 0.265. The van der Waals surface area contributed by atoms with E-state index >= 15 is 0 Å². The van der Waals surface area contributed by atoms with Gasteiger partial charge in [-0.15, -0.1) is 0 Å². The molecule has 3 aromatic carbocycles. The average Bonchev–Trinajstić information content (AvgIpc) is 3.71. The number of nitrogens with zero attached hydrogens (tertiary/aromatic N) is 4. The van der Waals surface area contributed by atoms with Gasteiger partial charge in [0.25, 0.3) is 0 Å². The molecule has 0 aliphatic carbocycles. The van der Waals surface area contributed by atoms with E-state index in [0.717, 1.165) is 55.7 Å². The van der Waals surface area contributed by atoms with Crippen LogP contribution in [0.15, 0.2) is 91.5 Å². The number of likely N-dealkylation sites (tertiary alicyclic amines) is 1. The Morgan fingerprint density at radius 1 is 0.925 bits per heavy atom. The monoisotopic (exact) mass is 531 g/mol. The minimum Gasteiger partial charge on any atom is -0.361 e. The number of hydrogen-bond donors (Lipinski definition) is 1. The van der Waals surface area contributed by atoms with E-state index in [-0.39, 0.29) is 5.82 Å². The summed E-state index contributed by atoms with van der Waals surface area (Å²) in [5, 5.41) is 7.01. The summed E-state index contributed by atoms with van der Waals surface area (Å²) >= 11 is 0. The Labute approximate surface area is 233 Å². The molecular formula is C34H34FN5. The maximum Gasteiger partial charge on any atom is 0.123 e. The minimum absolute atomic E-state index is 0.212. The van der Waals surface area contributed by atoms with Crippen LogP contribution in [0.4, 0.5) is 4.39 Å². The number of rotatable bonds is 7. The first-order valence-corrected chi connectivity index (χ1v) is 14.3. The highest BCUT2D eigenvalue weighted by Crippen LogP contribution is 2.38. The lowest BCUT2D eigenvalue weighted by molar-refractivity contribution is 0.211. The number of benzene rings is 3. The number of para-hydroxylation sites is 1. The summed E-state index contributed by atoms with van der Waals surface area (Å²) in [7, 11) is 1.95. The third kappa shape index (κ3) is 4.73. The van der Waals surface area contributed by atoms with Crippen LogP contribution < -0.4 is 0 Å². The van der Waals surface area contributed by atoms with E-state index in [1.165, 1.54) is 39.4 Å². The molecule has 0 atom stereocenters. The van der Waals surface area contributed by atoms with Crippen molar-refractivity contribution in [3.8, 4) is 16.8 Å². The zero-order valence-electron chi connectivity index (χ0n) is 22.9. The quantitative estimate of drug-likeness (QED) is 0.232. The van der Waals surface area contributed by atoms with E-state index in [1.807, 2.05) is 30.1 Å². The molecule has 6 aromatic rings. The van der Waals surface area contributed by atoms with Crippen LogP contribution in [0.25, 0.3) is 38.6 Å². The van der Waals surface area contributed by atoms with Gasteiger partial charge in [0, 0.05) is 53.2 Å². The normalized spacial score (nSPS) is 14.9.